The van der Waals surface area contributed by atoms with Gasteiger partial charge in [0.25, 0.3) is 0 Å². The van der Waals surface area contributed by atoms with Crippen LogP contribution in [0.5, 0.6) is 0 Å². The summed E-state index contributed by atoms with van der Waals surface area (Å²) in [5, 5.41) is 1.17. The normalized spacial score (nSPS) is 13.1. The predicted molar refractivity (Wildman–Crippen MR) is 108 cm³/mol. The Kier molecular flexibility index (Phi) is 5.66. The van der Waals surface area contributed by atoms with E-state index in [0.29, 0.717) is 0 Å². The van der Waals surface area contributed by atoms with Crippen LogP contribution in [-0.2, 0) is 4.43 Å². The number of benzene rings is 2. The molecule has 130 valence electrons. The van der Waals surface area contributed by atoms with Crippen LogP contribution in [0, 0.1) is 0 Å². The summed E-state index contributed by atoms with van der Waals surface area (Å²) in [6.07, 6.45) is 1.95. The molecule has 0 fully saturated rings. The number of hydrogen-bond donors (Lipinski definition) is 0. The van der Waals surface area contributed by atoms with Crippen LogP contribution in [0.2, 0.25) is 18.1 Å². The summed E-state index contributed by atoms with van der Waals surface area (Å²) >= 11 is 0. The number of aromatic nitrogens is 1. The van der Waals surface area contributed by atoms with Crippen molar-refractivity contribution in [2.75, 3.05) is 0 Å². The van der Waals surface area contributed by atoms with E-state index >= 15 is 0 Å². The second kappa shape index (κ2) is 7.94. The minimum absolute atomic E-state index is 0.0372. The summed E-state index contributed by atoms with van der Waals surface area (Å²) in [6.45, 7) is 6.83. The van der Waals surface area contributed by atoms with Gasteiger partial charge in [-0.05, 0) is 35.8 Å². The molecule has 0 saturated carbocycles. The first-order valence-electron chi connectivity index (χ1n) is 9.29. The Morgan fingerprint density at radius 2 is 1.48 bits per heavy atom. The van der Waals surface area contributed by atoms with Crippen molar-refractivity contribution in [3.05, 3.63) is 78.0 Å². The lowest BCUT2D eigenvalue weighted by Crippen LogP contribution is -2.37. The van der Waals surface area contributed by atoms with Crippen molar-refractivity contribution in [3.63, 3.8) is 0 Å². The highest BCUT2D eigenvalue weighted by atomic mass is 28.4. The van der Waals surface area contributed by atoms with Crippen molar-refractivity contribution < 1.29 is 4.43 Å². The van der Waals surface area contributed by atoms with Gasteiger partial charge in [0.05, 0.1) is 11.6 Å². The molecule has 1 atom stereocenters. The molecule has 0 bridgehead atoms. The zero-order valence-corrected chi connectivity index (χ0v) is 16.4. The summed E-state index contributed by atoms with van der Waals surface area (Å²) < 4.78 is 6.91. The van der Waals surface area contributed by atoms with Crippen molar-refractivity contribution in [1.29, 1.82) is 0 Å². The van der Waals surface area contributed by atoms with E-state index in [-0.39, 0.29) is 6.10 Å². The number of hydrogen-bond acceptors (Lipinski definition) is 2. The molecular formula is C22H27NOSi. The molecular weight excluding hydrogens is 322 g/mol. The van der Waals surface area contributed by atoms with Gasteiger partial charge in [0.1, 0.15) is 0 Å². The number of rotatable bonds is 7. The monoisotopic (exact) mass is 349 g/mol. The van der Waals surface area contributed by atoms with E-state index in [4.69, 9.17) is 4.43 Å². The molecule has 0 radical (unpaired) electrons. The minimum Gasteiger partial charge on any atom is -0.406 e. The highest BCUT2D eigenvalue weighted by molar-refractivity contribution is 6.73. The Hall–Kier alpha value is -1.97. The topological polar surface area (TPSA) is 22.1 Å². The van der Waals surface area contributed by atoms with Gasteiger partial charge >= 0.3 is 0 Å². The van der Waals surface area contributed by atoms with Gasteiger partial charge in [0.15, 0.2) is 8.32 Å². The van der Waals surface area contributed by atoms with E-state index in [2.05, 4.69) is 80.4 Å². The maximum Gasteiger partial charge on any atom is 0.193 e. The van der Waals surface area contributed by atoms with Crippen LogP contribution in [-0.4, -0.2) is 13.3 Å². The summed E-state index contributed by atoms with van der Waals surface area (Å²) in [5.41, 5.74) is 3.40. The zero-order valence-electron chi connectivity index (χ0n) is 15.4. The van der Waals surface area contributed by atoms with E-state index in [9.17, 15) is 0 Å². The SMILES string of the molecule is CC[Si](CC)(CC)O[C@@H](c1ccccc1)c1cnc2ccccc2c1. The van der Waals surface area contributed by atoms with Gasteiger partial charge in [0, 0.05) is 17.1 Å². The quantitative estimate of drug-likeness (QED) is 0.464. The third-order valence-electron chi connectivity index (χ3n) is 5.32. The molecule has 0 aliphatic heterocycles. The van der Waals surface area contributed by atoms with Crippen LogP contribution in [0.4, 0.5) is 0 Å². The average Bonchev–Trinajstić information content (AvgIpc) is 2.70. The summed E-state index contributed by atoms with van der Waals surface area (Å²) in [7, 11) is -1.74. The number of fused-ring (bicyclic) bond motifs is 1. The molecule has 3 aromatic rings. The van der Waals surface area contributed by atoms with Crippen molar-refractivity contribution in [2.24, 2.45) is 0 Å². The van der Waals surface area contributed by atoms with Gasteiger partial charge in [-0.2, -0.15) is 0 Å². The smallest absolute Gasteiger partial charge is 0.193 e. The number of para-hydroxylation sites is 1. The Balaban J connectivity index is 2.06. The Bertz CT molecular complexity index is 806. The summed E-state index contributed by atoms with van der Waals surface area (Å²) in [6, 6.07) is 24.5. The fourth-order valence-corrected chi connectivity index (χ4v) is 6.21. The minimum atomic E-state index is -1.74. The second-order valence-corrected chi connectivity index (χ2v) is 11.3. The molecule has 0 saturated heterocycles. The molecule has 25 heavy (non-hydrogen) atoms. The van der Waals surface area contributed by atoms with E-state index in [0.717, 1.165) is 29.2 Å². The van der Waals surface area contributed by atoms with Crippen molar-refractivity contribution in [1.82, 2.24) is 4.98 Å². The van der Waals surface area contributed by atoms with Crippen molar-refractivity contribution in [3.8, 4) is 0 Å². The van der Waals surface area contributed by atoms with E-state index in [1.807, 2.05) is 12.3 Å². The molecule has 1 heterocycles. The fourth-order valence-electron chi connectivity index (χ4n) is 3.44. The predicted octanol–water partition coefficient (Wildman–Crippen LogP) is 6.35. The summed E-state index contributed by atoms with van der Waals surface area (Å²) in [4.78, 5) is 4.67. The molecule has 0 N–H and O–H groups in total. The van der Waals surface area contributed by atoms with E-state index in [1.165, 1.54) is 10.9 Å². The molecule has 3 rings (SSSR count). The van der Waals surface area contributed by atoms with E-state index < -0.39 is 8.32 Å². The molecule has 0 unspecified atom stereocenters. The molecule has 2 aromatic carbocycles. The lowest BCUT2D eigenvalue weighted by atomic mass is 10.0. The lowest BCUT2D eigenvalue weighted by molar-refractivity contribution is 0.230. The van der Waals surface area contributed by atoms with Crippen LogP contribution in [0.3, 0.4) is 0 Å². The molecule has 0 spiro atoms. The molecule has 0 aliphatic carbocycles. The highest BCUT2D eigenvalue weighted by Gasteiger charge is 2.33. The zero-order chi connectivity index (χ0) is 17.7. The molecule has 0 amide bonds. The number of pyridine rings is 1. The average molecular weight is 350 g/mol. The van der Waals surface area contributed by atoms with Gasteiger partial charge in [0.2, 0.25) is 0 Å². The van der Waals surface area contributed by atoms with Crippen LogP contribution < -0.4 is 0 Å². The van der Waals surface area contributed by atoms with Crippen molar-refractivity contribution in [2.45, 2.75) is 45.0 Å². The summed E-state index contributed by atoms with van der Waals surface area (Å²) in [5.74, 6) is 0. The van der Waals surface area contributed by atoms with Gasteiger partial charge in [-0.25, -0.2) is 0 Å². The van der Waals surface area contributed by atoms with Gasteiger partial charge < -0.3 is 4.43 Å². The number of nitrogens with zero attached hydrogens (tertiary/aromatic N) is 1. The standard InChI is InChI=1S/C22H27NOSi/c1-4-25(5-2,6-3)24-22(18-12-8-7-9-13-18)20-16-19-14-10-11-15-21(19)23-17-20/h7-17,22H,4-6H2,1-3H3/t22-/m0/s1. The third kappa shape index (κ3) is 3.83. The van der Waals surface area contributed by atoms with Gasteiger partial charge in [-0.15, -0.1) is 0 Å². The molecule has 2 nitrogen and oxygen atoms in total. The molecule has 0 aliphatic rings. The van der Waals surface area contributed by atoms with Crippen LogP contribution in [0.15, 0.2) is 66.9 Å². The maximum atomic E-state index is 6.91. The van der Waals surface area contributed by atoms with E-state index in [1.54, 1.807) is 0 Å². The first-order chi connectivity index (χ1) is 12.2. The fraction of sp³-hybridized carbons (Fsp3) is 0.318. The third-order valence-corrected chi connectivity index (χ3v) is 9.92. The van der Waals surface area contributed by atoms with Crippen molar-refractivity contribution >= 4 is 19.2 Å². The van der Waals surface area contributed by atoms with Gasteiger partial charge in [-0.3, -0.25) is 4.98 Å². The first-order valence-corrected chi connectivity index (χ1v) is 11.8. The van der Waals surface area contributed by atoms with Gasteiger partial charge in [-0.1, -0.05) is 69.3 Å². The largest absolute Gasteiger partial charge is 0.406 e. The molecule has 3 heteroatoms. The molecule has 1 aromatic heterocycles. The second-order valence-electron chi connectivity index (χ2n) is 6.61. The first kappa shape index (κ1) is 17.8. The maximum absolute atomic E-state index is 6.91. The Labute approximate surface area is 152 Å². The Morgan fingerprint density at radius 3 is 2.16 bits per heavy atom. The highest BCUT2D eigenvalue weighted by Crippen LogP contribution is 2.34. The van der Waals surface area contributed by atoms with Crippen LogP contribution in [0.25, 0.3) is 10.9 Å². The van der Waals surface area contributed by atoms with Crippen LogP contribution in [0.1, 0.15) is 38.0 Å². The Morgan fingerprint density at radius 1 is 0.840 bits per heavy atom. The van der Waals surface area contributed by atoms with Crippen LogP contribution >= 0.6 is 0 Å². The lowest BCUT2D eigenvalue weighted by Gasteiger charge is -2.33.